The molecule has 1 N–H and O–H groups in total. The van der Waals surface area contributed by atoms with Crippen LogP contribution in [0.2, 0.25) is 10.0 Å². The molecule has 0 aliphatic heterocycles. The van der Waals surface area contributed by atoms with E-state index in [0.29, 0.717) is 21.8 Å². The average Bonchev–Trinajstić information content (AvgIpc) is 3.42. The average molecular weight is 421 g/mol. The molecule has 1 aromatic heterocycles. The van der Waals surface area contributed by atoms with Crippen LogP contribution >= 0.6 is 23.2 Å². The SMILES string of the molecule is Cc1cc(/C=C/C(=O)O[C@H](C)C(=O)Nc2cc(Cl)ccc2Cl)c(C)n1C1CC1. The maximum atomic E-state index is 12.3. The second-order valence-electron chi connectivity index (χ2n) is 6.95. The Kier molecular flexibility index (Phi) is 6.16. The summed E-state index contributed by atoms with van der Waals surface area (Å²) < 4.78 is 7.49. The topological polar surface area (TPSA) is 60.3 Å². The van der Waals surface area contributed by atoms with E-state index in [9.17, 15) is 9.59 Å². The quantitative estimate of drug-likeness (QED) is 0.507. The molecule has 7 heteroatoms. The molecule has 1 aromatic carbocycles. The highest BCUT2D eigenvalue weighted by Gasteiger charge is 2.26. The summed E-state index contributed by atoms with van der Waals surface area (Å²) in [7, 11) is 0. The Morgan fingerprint density at radius 2 is 1.96 bits per heavy atom. The molecular formula is C21H22Cl2N2O3. The number of carbonyl (C=O) groups excluding carboxylic acids is 2. The van der Waals surface area contributed by atoms with E-state index in [1.165, 1.54) is 37.6 Å². The molecule has 0 unspecified atom stereocenters. The van der Waals surface area contributed by atoms with E-state index >= 15 is 0 Å². The minimum absolute atomic E-state index is 0.349. The third kappa shape index (κ3) is 4.78. The van der Waals surface area contributed by atoms with Crippen LogP contribution in [0.3, 0.4) is 0 Å². The zero-order chi connectivity index (χ0) is 20.4. The number of anilines is 1. The number of aromatic nitrogens is 1. The first-order chi connectivity index (χ1) is 13.3. The molecule has 1 aliphatic rings. The Morgan fingerprint density at radius 1 is 1.25 bits per heavy atom. The Labute approximate surface area is 174 Å². The number of aryl methyl sites for hydroxylation is 1. The van der Waals surface area contributed by atoms with Crippen LogP contribution in [0.5, 0.6) is 0 Å². The predicted octanol–water partition coefficient (Wildman–Crippen LogP) is 5.33. The third-order valence-electron chi connectivity index (χ3n) is 4.68. The van der Waals surface area contributed by atoms with Gasteiger partial charge in [0.15, 0.2) is 6.10 Å². The molecular weight excluding hydrogens is 399 g/mol. The van der Waals surface area contributed by atoms with Gasteiger partial charge in [-0.15, -0.1) is 0 Å². The molecule has 1 saturated carbocycles. The standard InChI is InChI=1S/C21H22Cl2N2O3/c1-12-10-15(13(2)25(12)17-6-7-17)4-9-20(26)28-14(3)21(27)24-19-11-16(22)5-8-18(19)23/h4-5,8-11,14,17H,6-7H2,1-3H3,(H,24,27)/b9-4+/t14-/m1/s1. The smallest absolute Gasteiger partial charge is 0.331 e. The van der Waals surface area contributed by atoms with Gasteiger partial charge in [-0.3, -0.25) is 4.79 Å². The highest BCUT2D eigenvalue weighted by molar-refractivity contribution is 6.35. The van der Waals surface area contributed by atoms with E-state index < -0.39 is 18.0 Å². The van der Waals surface area contributed by atoms with Crippen LogP contribution in [-0.2, 0) is 14.3 Å². The molecule has 148 valence electrons. The molecule has 1 fully saturated rings. The van der Waals surface area contributed by atoms with Crippen LogP contribution in [0.25, 0.3) is 6.08 Å². The number of halogens is 2. The van der Waals surface area contributed by atoms with E-state index in [0.717, 1.165) is 11.3 Å². The van der Waals surface area contributed by atoms with Crippen molar-refractivity contribution in [3.05, 3.63) is 57.3 Å². The fraction of sp³-hybridized carbons (Fsp3) is 0.333. The summed E-state index contributed by atoms with van der Waals surface area (Å²) in [5.41, 5.74) is 3.65. The first-order valence-electron chi connectivity index (χ1n) is 9.09. The van der Waals surface area contributed by atoms with Gasteiger partial charge in [0.2, 0.25) is 0 Å². The predicted molar refractivity (Wildman–Crippen MR) is 112 cm³/mol. The van der Waals surface area contributed by atoms with Gasteiger partial charge in [-0.1, -0.05) is 23.2 Å². The van der Waals surface area contributed by atoms with Crippen LogP contribution in [0.4, 0.5) is 5.69 Å². The van der Waals surface area contributed by atoms with Crippen molar-refractivity contribution < 1.29 is 14.3 Å². The van der Waals surface area contributed by atoms with E-state index in [-0.39, 0.29) is 0 Å². The molecule has 5 nitrogen and oxygen atoms in total. The van der Waals surface area contributed by atoms with Crippen molar-refractivity contribution in [2.75, 3.05) is 5.32 Å². The van der Waals surface area contributed by atoms with Crippen LogP contribution < -0.4 is 5.32 Å². The number of esters is 1. The van der Waals surface area contributed by atoms with Gasteiger partial charge in [0.1, 0.15) is 0 Å². The van der Waals surface area contributed by atoms with Crippen molar-refractivity contribution in [3.8, 4) is 0 Å². The zero-order valence-corrected chi connectivity index (χ0v) is 17.5. The van der Waals surface area contributed by atoms with E-state index in [4.69, 9.17) is 27.9 Å². The summed E-state index contributed by atoms with van der Waals surface area (Å²) in [6.07, 6.45) is 4.48. The summed E-state index contributed by atoms with van der Waals surface area (Å²) in [6.45, 7) is 5.61. The van der Waals surface area contributed by atoms with E-state index in [2.05, 4.69) is 22.9 Å². The van der Waals surface area contributed by atoms with Gasteiger partial charge in [-0.2, -0.15) is 0 Å². The van der Waals surface area contributed by atoms with Crippen molar-refractivity contribution in [1.82, 2.24) is 4.57 Å². The Balaban J connectivity index is 1.59. The second-order valence-corrected chi connectivity index (χ2v) is 7.80. The minimum atomic E-state index is -0.980. The van der Waals surface area contributed by atoms with Crippen molar-refractivity contribution in [2.45, 2.75) is 45.8 Å². The third-order valence-corrected chi connectivity index (χ3v) is 5.25. The van der Waals surface area contributed by atoms with Crippen molar-refractivity contribution in [2.24, 2.45) is 0 Å². The summed E-state index contributed by atoms with van der Waals surface area (Å²) in [4.78, 5) is 24.4. The van der Waals surface area contributed by atoms with Crippen molar-refractivity contribution in [1.29, 1.82) is 0 Å². The number of benzene rings is 1. The number of carbonyl (C=O) groups is 2. The van der Waals surface area contributed by atoms with Crippen LogP contribution in [0, 0.1) is 13.8 Å². The fourth-order valence-corrected chi connectivity index (χ4v) is 3.46. The van der Waals surface area contributed by atoms with Crippen molar-refractivity contribution >= 4 is 46.8 Å². The number of amides is 1. The van der Waals surface area contributed by atoms with Gasteiger partial charge >= 0.3 is 5.97 Å². The summed E-state index contributed by atoms with van der Waals surface area (Å²) in [6, 6.07) is 7.36. The maximum Gasteiger partial charge on any atom is 0.331 e. The van der Waals surface area contributed by atoms with Gasteiger partial charge in [0, 0.05) is 28.5 Å². The van der Waals surface area contributed by atoms with Gasteiger partial charge < -0.3 is 14.6 Å². The zero-order valence-electron chi connectivity index (χ0n) is 16.0. The largest absolute Gasteiger partial charge is 0.449 e. The number of rotatable bonds is 6. The number of hydrogen-bond donors (Lipinski definition) is 1. The lowest BCUT2D eigenvalue weighted by molar-refractivity contribution is -0.148. The Bertz CT molecular complexity index is 945. The lowest BCUT2D eigenvalue weighted by Crippen LogP contribution is -2.29. The molecule has 1 heterocycles. The molecule has 0 saturated heterocycles. The lowest BCUT2D eigenvalue weighted by Gasteiger charge is -2.13. The highest BCUT2D eigenvalue weighted by Crippen LogP contribution is 2.38. The molecule has 0 radical (unpaired) electrons. The number of hydrogen-bond acceptors (Lipinski definition) is 3. The van der Waals surface area contributed by atoms with Gasteiger partial charge in [0.05, 0.1) is 10.7 Å². The molecule has 0 spiro atoms. The molecule has 2 aromatic rings. The van der Waals surface area contributed by atoms with Crippen LogP contribution in [0.15, 0.2) is 30.3 Å². The van der Waals surface area contributed by atoms with Crippen LogP contribution in [-0.4, -0.2) is 22.5 Å². The van der Waals surface area contributed by atoms with Gasteiger partial charge in [0.25, 0.3) is 5.91 Å². The molecule has 1 aliphatic carbocycles. The molecule has 3 rings (SSSR count). The molecule has 1 amide bonds. The number of ether oxygens (including phenoxy) is 1. The summed E-state index contributed by atoms with van der Waals surface area (Å²) >= 11 is 11.9. The van der Waals surface area contributed by atoms with Crippen molar-refractivity contribution in [3.63, 3.8) is 0 Å². The van der Waals surface area contributed by atoms with Crippen LogP contribution in [0.1, 0.15) is 42.8 Å². The van der Waals surface area contributed by atoms with E-state index in [1.54, 1.807) is 18.2 Å². The fourth-order valence-electron chi connectivity index (χ4n) is 3.12. The molecule has 28 heavy (non-hydrogen) atoms. The minimum Gasteiger partial charge on any atom is -0.449 e. The number of nitrogens with zero attached hydrogens (tertiary/aromatic N) is 1. The first-order valence-corrected chi connectivity index (χ1v) is 9.85. The Hall–Kier alpha value is -2.24. The lowest BCUT2D eigenvalue weighted by atomic mass is 10.2. The summed E-state index contributed by atoms with van der Waals surface area (Å²) in [5.74, 6) is -1.08. The number of nitrogens with one attached hydrogen (secondary N) is 1. The van der Waals surface area contributed by atoms with Gasteiger partial charge in [-0.05, 0) is 69.5 Å². The highest BCUT2D eigenvalue weighted by atomic mass is 35.5. The summed E-state index contributed by atoms with van der Waals surface area (Å²) in [5, 5.41) is 3.40. The Morgan fingerprint density at radius 3 is 2.64 bits per heavy atom. The second kappa shape index (κ2) is 8.41. The van der Waals surface area contributed by atoms with Gasteiger partial charge in [-0.25, -0.2) is 4.79 Å². The first kappa shape index (κ1) is 20.5. The van der Waals surface area contributed by atoms with E-state index in [1.807, 2.05) is 6.92 Å². The normalized spacial score (nSPS) is 14.9. The maximum absolute atomic E-state index is 12.3. The molecule has 1 atom stereocenters. The monoisotopic (exact) mass is 420 g/mol. The molecule has 0 bridgehead atoms.